The Bertz CT molecular complexity index is 848. The Hall–Kier alpha value is -2.31. The number of benzene rings is 2. The molecule has 3 rings (SSSR count). The maximum atomic E-state index is 12.8. The number of carbonyl (C=O) groups is 2. The number of nitrogens with one attached hydrogen (secondary N) is 3. The van der Waals surface area contributed by atoms with Crippen LogP contribution in [-0.2, 0) is 4.79 Å². The summed E-state index contributed by atoms with van der Waals surface area (Å²) in [5.41, 5.74) is 2.41. The summed E-state index contributed by atoms with van der Waals surface area (Å²) < 4.78 is 0.923. The van der Waals surface area contributed by atoms with Crippen LogP contribution in [0.3, 0.4) is 0 Å². The topological polar surface area (TPSA) is 70.2 Å². The number of anilines is 1. The van der Waals surface area contributed by atoms with Crippen LogP contribution in [0.4, 0.5) is 10.5 Å². The lowest BCUT2D eigenvalue weighted by molar-refractivity contribution is -0.113. The molecule has 0 unspecified atom stereocenters. The SMILES string of the molecule is CC1=C(C(=O)Nc2ccc(Br)cc2)[C@@H](c2ccc(Cl)cc2)NC(=O)N1. The van der Waals surface area contributed by atoms with Gasteiger partial charge in [0, 0.05) is 20.9 Å². The van der Waals surface area contributed by atoms with Crippen molar-refractivity contribution in [3.8, 4) is 0 Å². The van der Waals surface area contributed by atoms with E-state index < -0.39 is 6.04 Å². The van der Waals surface area contributed by atoms with Gasteiger partial charge in [0.05, 0.1) is 11.6 Å². The summed E-state index contributed by atoms with van der Waals surface area (Å²) in [4.78, 5) is 24.7. The minimum atomic E-state index is -0.554. The van der Waals surface area contributed by atoms with Crippen LogP contribution < -0.4 is 16.0 Å². The second-order valence-corrected chi connectivity index (χ2v) is 6.93. The lowest BCUT2D eigenvalue weighted by atomic mass is 9.95. The standard InChI is InChI=1S/C18H15BrClN3O2/c1-10-15(17(24)22-14-8-4-12(19)5-9-14)16(23-18(25)21-10)11-2-6-13(20)7-3-11/h2-9,16H,1H3,(H,22,24)(H2,21,23,25)/t16-/m1/s1. The summed E-state index contributed by atoms with van der Waals surface area (Å²) in [6, 6.07) is 13.4. The van der Waals surface area contributed by atoms with Gasteiger partial charge in [-0.3, -0.25) is 4.79 Å². The van der Waals surface area contributed by atoms with Gasteiger partial charge in [-0.25, -0.2) is 4.79 Å². The summed E-state index contributed by atoms with van der Waals surface area (Å²) >= 11 is 9.29. The number of amides is 3. The summed E-state index contributed by atoms with van der Waals surface area (Å²) in [6.45, 7) is 1.71. The first-order chi connectivity index (χ1) is 11.9. The molecule has 3 amide bonds. The van der Waals surface area contributed by atoms with E-state index in [1.165, 1.54) is 0 Å². The maximum Gasteiger partial charge on any atom is 0.319 e. The number of hydrogen-bond donors (Lipinski definition) is 3. The molecule has 7 heteroatoms. The van der Waals surface area contributed by atoms with Crippen LogP contribution in [-0.4, -0.2) is 11.9 Å². The molecule has 3 N–H and O–H groups in total. The Morgan fingerprint density at radius 2 is 1.76 bits per heavy atom. The molecule has 0 fully saturated rings. The zero-order valence-corrected chi connectivity index (χ0v) is 15.6. The Morgan fingerprint density at radius 1 is 1.12 bits per heavy atom. The first-order valence-electron chi connectivity index (χ1n) is 7.54. The predicted octanol–water partition coefficient (Wildman–Crippen LogP) is 4.37. The Balaban J connectivity index is 1.92. The van der Waals surface area contributed by atoms with Gasteiger partial charge in [-0.2, -0.15) is 0 Å². The van der Waals surface area contributed by atoms with E-state index in [4.69, 9.17) is 11.6 Å². The molecule has 0 saturated carbocycles. The largest absolute Gasteiger partial charge is 0.327 e. The number of urea groups is 1. The van der Waals surface area contributed by atoms with E-state index in [0.29, 0.717) is 22.0 Å². The van der Waals surface area contributed by atoms with Gasteiger partial charge in [-0.15, -0.1) is 0 Å². The molecule has 0 saturated heterocycles. The van der Waals surface area contributed by atoms with Crippen LogP contribution in [0.25, 0.3) is 0 Å². The van der Waals surface area contributed by atoms with Gasteiger partial charge in [0.1, 0.15) is 0 Å². The monoisotopic (exact) mass is 419 g/mol. The second-order valence-electron chi connectivity index (χ2n) is 5.58. The van der Waals surface area contributed by atoms with Gasteiger partial charge < -0.3 is 16.0 Å². The molecule has 2 aromatic rings. The molecule has 25 heavy (non-hydrogen) atoms. The van der Waals surface area contributed by atoms with E-state index in [-0.39, 0.29) is 11.9 Å². The summed E-state index contributed by atoms with van der Waals surface area (Å²) in [5, 5.41) is 8.89. The summed E-state index contributed by atoms with van der Waals surface area (Å²) in [7, 11) is 0. The highest BCUT2D eigenvalue weighted by Crippen LogP contribution is 2.28. The van der Waals surface area contributed by atoms with Crippen LogP contribution in [0.1, 0.15) is 18.5 Å². The fourth-order valence-corrected chi connectivity index (χ4v) is 3.02. The van der Waals surface area contributed by atoms with E-state index >= 15 is 0 Å². The highest BCUT2D eigenvalue weighted by atomic mass is 79.9. The highest BCUT2D eigenvalue weighted by molar-refractivity contribution is 9.10. The van der Waals surface area contributed by atoms with Crippen molar-refractivity contribution >= 4 is 45.2 Å². The number of allylic oxidation sites excluding steroid dienone is 1. The van der Waals surface area contributed by atoms with Crippen molar-refractivity contribution in [3.63, 3.8) is 0 Å². The molecule has 0 aliphatic carbocycles. The van der Waals surface area contributed by atoms with Crippen LogP contribution in [0.2, 0.25) is 5.02 Å². The highest BCUT2D eigenvalue weighted by Gasteiger charge is 2.31. The van der Waals surface area contributed by atoms with E-state index in [0.717, 1.165) is 10.0 Å². The number of hydrogen-bond acceptors (Lipinski definition) is 2. The van der Waals surface area contributed by atoms with Crippen molar-refractivity contribution in [2.75, 3.05) is 5.32 Å². The van der Waals surface area contributed by atoms with E-state index in [2.05, 4.69) is 31.9 Å². The average molecular weight is 421 g/mol. The first-order valence-corrected chi connectivity index (χ1v) is 8.72. The van der Waals surface area contributed by atoms with Gasteiger partial charge in [0.2, 0.25) is 0 Å². The molecule has 0 spiro atoms. The van der Waals surface area contributed by atoms with Gasteiger partial charge in [-0.1, -0.05) is 39.7 Å². The lowest BCUT2D eigenvalue weighted by Gasteiger charge is -2.28. The number of halogens is 2. The second kappa shape index (κ2) is 7.29. The van der Waals surface area contributed by atoms with Gasteiger partial charge in [-0.05, 0) is 48.9 Å². The van der Waals surface area contributed by atoms with Gasteiger partial charge >= 0.3 is 6.03 Å². The van der Waals surface area contributed by atoms with Crippen LogP contribution in [0, 0.1) is 0 Å². The zero-order chi connectivity index (χ0) is 18.0. The fraction of sp³-hybridized carbons (Fsp3) is 0.111. The van der Waals surface area contributed by atoms with Crippen molar-refractivity contribution in [3.05, 3.63) is 74.9 Å². The molecular formula is C18H15BrClN3O2. The Kier molecular flexibility index (Phi) is 5.11. The number of carbonyl (C=O) groups excluding carboxylic acids is 2. The molecular weight excluding hydrogens is 406 g/mol. The predicted molar refractivity (Wildman–Crippen MR) is 101 cm³/mol. The van der Waals surface area contributed by atoms with Gasteiger partial charge in [0.25, 0.3) is 5.91 Å². The molecule has 128 valence electrons. The van der Waals surface area contributed by atoms with Crippen LogP contribution in [0.5, 0.6) is 0 Å². The third kappa shape index (κ3) is 4.03. The van der Waals surface area contributed by atoms with E-state index in [9.17, 15) is 9.59 Å². The zero-order valence-electron chi connectivity index (χ0n) is 13.3. The first kappa shape index (κ1) is 17.5. The number of rotatable bonds is 3. The Labute approximate surface area is 158 Å². The molecule has 0 bridgehead atoms. The van der Waals surface area contributed by atoms with Crippen molar-refractivity contribution in [2.45, 2.75) is 13.0 Å². The smallest absolute Gasteiger partial charge is 0.319 e. The van der Waals surface area contributed by atoms with Crippen molar-refractivity contribution in [1.82, 2.24) is 10.6 Å². The minimum Gasteiger partial charge on any atom is -0.327 e. The molecule has 0 aromatic heterocycles. The molecule has 0 radical (unpaired) electrons. The summed E-state index contributed by atoms with van der Waals surface area (Å²) in [6.07, 6.45) is 0. The molecule has 1 aliphatic heterocycles. The third-order valence-corrected chi connectivity index (χ3v) is 4.60. The van der Waals surface area contributed by atoms with Crippen molar-refractivity contribution in [2.24, 2.45) is 0 Å². The lowest BCUT2D eigenvalue weighted by Crippen LogP contribution is -2.45. The molecule has 5 nitrogen and oxygen atoms in total. The quantitative estimate of drug-likeness (QED) is 0.690. The molecule has 1 heterocycles. The Morgan fingerprint density at radius 3 is 2.40 bits per heavy atom. The van der Waals surface area contributed by atoms with Crippen molar-refractivity contribution < 1.29 is 9.59 Å². The molecule has 1 aliphatic rings. The summed E-state index contributed by atoms with van der Waals surface area (Å²) in [5.74, 6) is -0.285. The minimum absolute atomic E-state index is 0.285. The van der Waals surface area contributed by atoms with Crippen LogP contribution >= 0.6 is 27.5 Å². The third-order valence-electron chi connectivity index (χ3n) is 3.82. The van der Waals surface area contributed by atoms with Gasteiger partial charge in [0.15, 0.2) is 0 Å². The van der Waals surface area contributed by atoms with E-state index in [1.54, 1.807) is 43.3 Å². The molecule has 2 aromatic carbocycles. The maximum absolute atomic E-state index is 12.8. The average Bonchev–Trinajstić information content (AvgIpc) is 2.57. The van der Waals surface area contributed by atoms with E-state index in [1.807, 2.05) is 12.1 Å². The normalized spacial score (nSPS) is 16.9. The molecule has 1 atom stereocenters. The van der Waals surface area contributed by atoms with Crippen LogP contribution in [0.15, 0.2) is 64.3 Å². The van der Waals surface area contributed by atoms with Crippen molar-refractivity contribution in [1.29, 1.82) is 0 Å². The fourth-order valence-electron chi connectivity index (χ4n) is 2.63.